The van der Waals surface area contributed by atoms with E-state index in [0.29, 0.717) is 29.7 Å². The topological polar surface area (TPSA) is 47.6 Å². The van der Waals surface area contributed by atoms with Crippen molar-refractivity contribution in [2.75, 3.05) is 19.8 Å². The van der Waals surface area contributed by atoms with Crippen molar-refractivity contribution in [3.8, 4) is 11.5 Å². The summed E-state index contributed by atoms with van der Waals surface area (Å²) in [5.41, 5.74) is 0.809. The second kappa shape index (κ2) is 7.06. The zero-order valence-corrected chi connectivity index (χ0v) is 16.7. The number of carbonyl (C=O) groups excluding carboxylic acids is 1. The van der Waals surface area contributed by atoms with Crippen molar-refractivity contribution in [1.82, 2.24) is 5.32 Å². The maximum Gasteiger partial charge on any atom is 0.262 e. The normalized spacial score (nSPS) is 13.6. The highest BCUT2D eigenvalue weighted by molar-refractivity contribution is 7.21. The lowest BCUT2D eigenvalue weighted by molar-refractivity contribution is 0.0950. The van der Waals surface area contributed by atoms with Gasteiger partial charge in [0.1, 0.15) is 18.1 Å². The Hall–Kier alpha value is -2.24. The molecule has 0 radical (unpaired) electrons. The molecule has 1 aliphatic heterocycles. The molecule has 0 saturated heterocycles. The van der Waals surface area contributed by atoms with Crippen LogP contribution in [-0.2, 0) is 5.41 Å². The van der Waals surface area contributed by atoms with E-state index >= 15 is 0 Å². The maximum atomic E-state index is 12.7. The monoisotopic (exact) mass is 401 g/mol. The van der Waals surface area contributed by atoms with Gasteiger partial charge in [0.05, 0.1) is 5.02 Å². The quantitative estimate of drug-likeness (QED) is 0.666. The van der Waals surface area contributed by atoms with E-state index in [0.717, 1.165) is 27.1 Å². The van der Waals surface area contributed by atoms with Crippen LogP contribution < -0.4 is 14.8 Å². The molecule has 0 fully saturated rings. The average Bonchev–Trinajstić information content (AvgIpc) is 3.03. The summed E-state index contributed by atoms with van der Waals surface area (Å²) in [6, 6.07) is 13.7. The minimum atomic E-state index is -0.269. The van der Waals surface area contributed by atoms with Crippen LogP contribution >= 0.6 is 22.9 Å². The van der Waals surface area contributed by atoms with E-state index in [1.807, 2.05) is 42.5 Å². The Labute approximate surface area is 167 Å². The van der Waals surface area contributed by atoms with Crippen molar-refractivity contribution in [3.63, 3.8) is 0 Å². The van der Waals surface area contributed by atoms with Crippen LogP contribution in [0.1, 0.15) is 29.1 Å². The first-order valence-corrected chi connectivity index (χ1v) is 10.0. The summed E-state index contributed by atoms with van der Waals surface area (Å²) in [5.74, 6) is 1.37. The SMILES string of the molecule is CC(C)(CNC(=O)c1sc2ccccc2c1Cl)c1ccc2c(c1)OCCO2. The number of halogens is 1. The molecule has 0 aliphatic carbocycles. The van der Waals surface area contributed by atoms with Crippen molar-refractivity contribution in [2.45, 2.75) is 19.3 Å². The van der Waals surface area contributed by atoms with Crippen molar-refractivity contribution in [1.29, 1.82) is 0 Å². The van der Waals surface area contributed by atoms with Crippen LogP contribution in [0.15, 0.2) is 42.5 Å². The Kier molecular flexibility index (Phi) is 4.74. The smallest absolute Gasteiger partial charge is 0.262 e. The molecule has 0 bridgehead atoms. The third-order valence-corrected chi connectivity index (χ3v) is 6.43. The summed E-state index contributed by atoms with van der Waals surface area (Å²) in [5, 5.41) is 4.47. The van der Waals surface area contributed by atoms with Gasteiger partial charge in [-0.2, -0.15) is 0 Å². The molecular weight excluding hydrogens is 382 g/mol. The van der Waals surface area contributed by atoms with Gasteiger partial charge in [-0.25, -0.2) is 0 Å². The largest absolute Gasteiger partial charge is 0.486 e. The molecule has 4 rings (SSSR count). The molecule has 0 atom stereocenters. The van der Waals surface area contributed by atoms with Gasteiger partial charge in [-0.1, -0.05) is 49.7 Å². The Bertz CT molecular complexity index is 1010. The van der Waals surface area contributed by atoms with Crippen LogP contribution in [-0.4, -0.2) is 25.7 Å². The molecule has 3 aromatic rings. The van der Waals surface area contributed by atoms with Crippen molar-refractivity contribution in [2.24, 2.45) is 0 Å². The molecule has 6 heteroatoms. The van der Waals surface area contributed by atoms with E-state index in [2.05, 4.69) is 19.2 Å². The molecule has 4 nitrogen and oxygen atoms in total. The fourth-order valence-corrected chi connectivity index (χ4v) is 4.54. The second-order valence-electron chi connectivity index (χ2n) is 7.17. The minimum absolute atomic E-state index is 0.146. The molecule has 0 saturated carbocycles. The lowest BCUT2D eigenvalue weighted by atomic mass is 9.84. The molecule has 2 heterocycles. The van der Waals surface area contributed by atoms with Gasteiger partial charge in [-0.3, -0.25) is 4.79 Å². The average molecular weight is 402 g/mol. The third-order valence-electron chi connectivity index (χ3n) is 4.76. The van der Waals surface area contributed by atoms with Crippen LogP contribution in [0.25, 0.3) is 10.1 Å². The van der Waals surface area contributed by atoms with Gasteiger partial charge >= 0.3 is 0 Å². The highest BCUT2D eigenvalue weighted by atomic mass is 35.5. The Morgan fingerprint density at radius 3 is 2.67 bits per heavy atom. The predicted molar refractivity (Wildman–Crippen MR) is 110 cm³/mol. The molecule has 27 heavy (non-hydrogen) atoms. The standard InChI is InChI=1S/C21H20ClNO3S/c1-21(2,13-7-8-15-16(11-13)26-10-9-25-15)12-23-20(24)19-18(22)14-5-3-4-6-17(14)27-19/h3-8,11H,9-10,12H2,1-2H3,(H,23,24). The molecule has 2 aromatic carbocycles. The van der Waals surface area contributed by atoms with Crippen molar-refractivity contribution in [3.05, 3.63) is 57.9 Å². The Morgan fingerprint density at radius 2 is 1.89 bits per heavy atom. The van der Waals surface area contributed by atoms with Crippen LogP contribution in [0.3, 0.4) is 0 Å². The lowest BCUT2D eigenvalue weighted by Crippen LogP contribution is -2.36. The lowest BCUT2D eigenvalue weighted by Gasteiger charge is -2.27. The molecule has 1 N–H and O–H groups in total. The number of ether oxygens (including phenoxy) is 2. The van der Waals surface area contributed by atoms with E-state index in [1.165, 1.54) is 11.3 Å². The number of nitrogens with one attached hydrogen (secondary N) is 1. The summed E-state index contributed by atoms with van der Waals surface area (Å²) in [6.07, 6.45) is 0. The third kappa shape index (κ3) is 3.49. The fraction of sp³-hybridized carbons (Fsp3) is 0.286. The van der Waals surface area contributed by atoms with Gasteiger partial charge in [0, 0.05) is 22.0 Å². The number of carbonyl (C=O) groups is 1. The first kappa shape index (κ1) is 18.1. The number of amides is 1. The fourth-order valence-electron chi connectivity index (χ4n) is 3.11. The van der Waals surface area contributed by atoms with Gasteiger partial charge in [-0.05, 0) is 23.8 Å². The number of hydrogen-bond donors (Lipinski definition) is 1. The van der Waals surface area contributed by atoms with Gasteiger partial charge in [0.25, 0.3) is 5.91 Å². The maximum absolute atomic E-state index is 12.7. The van der Waals surface area contributed by atoms with Crippen LogP contribution in [0.5, 0.6) is 11.5 Å². The number of thiophene rings is 1. The van der Waals surface area contributed by atoms with Crippen molar-refractivity contribution >= 4 is 38.9 Å². The first-order valence-electron chi connectivity index (χ1n) is 8.81. The zero-order valence-electron chi connectivity index (χ0n) is 15.2. The molecule has 1 aliphatic rings. The Morgan fingerprint density at radius 1 is 1.15 bits per heavy atom. The van der Waals surface area contributed by atoms with Crippen LogP contribution in [0.2, 0.25) is 5.02 Å². The molecule has 0 unspecified atom stereocenters. The summed E-state index contributed by atoms with van der Waals surface area (Å²) in [7, 11) is 0. The van der Waals surface area contributed by atoms with E-state index in [1.54, 1.807) is 0 Å². The highest BCUT2D eigenvalue weighted by Crippen LogP contribution is 2.36. The van der Waals surface area contributed by atoms with Gasteiger partial charge in [0.15, 0.2) is 11.5 Å². The number of fused-ring (bicyclic) bond motifs is 2. The minimum Gasteiger partial charge on any atom is -0.486 e. The van der Waals surface area contributed by atoms with Crippen LogP contribution in [0.4, 0.5) is 0 Å². The second-order valence-corrected chi connectivity index (χ2v) is 8.60. The zero-order chi connectivity index (χ0) is 19.0. The summed E-state index contributed by atoms with van der Waals surface area (Å²) >= 11 is 7.83. The van der Waals surface area contributed by atoms with E-state index in [-0.39, 0.29) is 11.3 Å². The van der Waals surface area contributed by atoms with E-state index in [4.69, 9.17) is 21.1 Å². The Balaban J connectivity index is 1.51. The first-order chi connectivity index (χ1) is 13.0. The summed E-state index contributed by atoms with van der Waals surface area (Å²) in [4.78, 5) is 13.3. The summed E-state index contributed by atoms with van der Waals surface area (Å²) < 4.78 is 12.3. The molecule has 1 aromatic heterocycles. The van der Waals surface area contributed by atoms with Gasteiger partial charge < -0.3 is 14.8 Å². The molecule has 140 valence electrons. The summed E-state index contributed by atoms with van der Waals surface area (Å²) in [6.45, 7) is 5.78. The predicted octanol–water partition coefficient (Wildman–Crippen LogP) is 5.03. The highest BCUT2D eigenvalue weighted by Gasteiger charge is 2.25. The van der Waals surface area contributed by atoms with Gasteiger partial charge in [-0.15, -0.1) is 11.3 Å². The van der Waals surface area contributed by atoms with E-state index in [9.17, 15) is 4.79 Å². The number of hydrogen-bond acceptors (Lipinski definition) is 4. The molecule has 0 spiro atoms. The van der Waals surface area contributed by atoms with Gasteiger partial charge in [0.2, 0.25) is 0 Å². The van der Waals surface area contributed by atoms with E-state index < -0.39 is 0 Å². The molecule has 1 amide bonds. The number of rotatable bonds is 4. The number of benzene rings is 2. The van der Waals surface area contributed by atoms with Crippen molar-refractivity contribution < 1.29 is 14.3 Å². The van der Waals surface area contributed by atoms with Crippen LogP contribution in [0, 0.1) is 0 Å². The molecular formula is C21H20ClNO3S.